The molecule has 1 aromatic carbocycles. The van der Waals surface area contributed by atoms with Crippen molar-refractivity contribution in [2.24, 2.45) is 0 Å². The Morgan fingerprint density at radius 1 is 1.25 bits per heavy atom. The summed E-state index contributed by atoms with van der Waals surface area (Å²) < 4.78 is 1.86. The molecule has 1 aliphatic rings. The van der Waals surface area contributed by atoms with Gasteiger partial charge >= 0.3 is 0 Å². The summed E-state index contributed by atoms with van der Waals surface area (Å²) in [5, 5.41) is 17.5. The fraction of sp³-hybridized carbons (Fsp3) is 0.429. The lowest BCUT2D eigenvalue weighted by molar-refractivity contribution is 0.262. The molecule has 0 aliphatic carbocycles. The van der Waals surface area contributed by atoms with Crippen LogP contribution in [0.4, 0.5) is 23.0 Å². The highest BCUT2D eigenvalue weighted by molar-refractivity contribution is 5.67. The molecule has 2 aromatic heterocycles. The monoisotopic (exact) mass is 380 g/mol. The van der Waals surface area contributed by atoms with Crippen LogP contribution in [0.15, 0.2) is 36.5 Å². The van der Waals surface area contributed by atoms with Gasteiger partial charge in [-0.3, -0.25) is 0 Å². The maximum absolute atomic E-state index is 9.49. The van der Waals surface area contributed by atoms with Crippen LogP contribution in [0, 0.1) is 0 Å². The van der Waals surface area contributed by atoms with Crippen molar-refractivity contribution in [3.63, 3.8) is 0 Å². The fourth-order valence-electron chi connectivity index (χ4n) is 3.95. The number of aryl methyl sites for hydroxylation is 1. The molecule has 0 amide bonds. The van der Waals surface area contributed by atoms with Gasteiger partial charge in [-0.15, -0.1) is 0 Å². The van der Waals surface area contributed by atoms with Crippen LogP contribution in [0.1, 0.15) is 38.2 Å². The normalized spacial score (nSPS) is 17.2. The van der Waals surface area contributed by atoms with Crippen molar-refractivity contribution >= 4 is 28.7 Å². The van der Waals surface area contributed by atoms with Gasteiger partial charge in [-0.05, 0) is 56.4 Å². The Hall–Kier alpha value is -2.80. The summed E-state index contributed by atoms with van der Waals surface area (Å²) in [5.74, 6) is 1.82. The molecular weight excluding hydrogens is 352 g/mol. The van der Waals surface area contributed by atoms with E-state index >= 15 is 0 Å². The number of nitrogens with zero attached hydrogens (tertiary/aromatic N) is 4. The van der Waals surface area contributed by atoms with Gasteiger partial charge in [0.05, 0.1) is 6.20 Å². The van der Waals surface area contributed by atoms with E-state index in [1.54, 1.807) is 0 Å². The van der Waals surface area contributed by atoms with Crippen molar-refractivity contribution < 1.29 is 5.11 Å². The van der Waals surface area contributed by atoms with E-state index in [1.807, 2.05) is 35.0 Å². The largest absolute Gasteiger partial charge is 0.399 e. The molecule has 148 valence electrons. The molecule has 7 heteroatoms. The number of aromatic nitrogens is 3. The third-order valence-corrected chi connectivity index (χ3v) is 5.48. The zero-order valence-corrected chi connectivity index (χ0v) is 16.3. The van der Waals surface area contributed by atoms with Crippen LogP contribution in [-0.2, 0) is 6.42 Å². The predicted molar refractivity (Wildman–Crippen MR) is 113 cm³/mol. The van der Waals surface area contributed by atoms with E-state index in [-0.39, 0.29) is 6.61 Å². The number of anilines is 4. The van der Waals surface area contributed by atoms with Crippen LogP contribution >= 0.6 is 0 Å². The van der Waals surface area contributed by atoms with Gasteiger partial charge in [0.25, 0.3) is 0 Å². The number of hydrogen-bond acceptors (Lipinski definition) is 6. The highest BCUT2D eigenvalue weighted by Crippen LogP contribution is 2.30. The Morgan fingerprint density at radius 2 is 2.07 bits per heavy atom. The average molecular weight is 380 g/mol. The summed E-state index contributed by atoms with van der Waals surface area (Å²) in [5.41, 5.74) is 9.50. The minimum absolute atomic E-state index is 0.201. The Kier molecular flexibility index (Phi) is 5.34. The molecule has 1 saturated heterocycles. The first-order valence-corrected chi connectivity index (χ1v) is 10.1. The molecule has 3 aromatic rings. The Balaban J connectivity index is 1.77. The summed E-state index contributed by atoms with van der Waals surface area (Å²) >= 11 is 0. The number of nitrogens with two attached hydrogens (primary N) is 1. The van der Waals surface area contributed by atoms with Gasteiger partial charge in [0, 0.05) is 42.2 Å². The van der Waals surface area contributed by atoms with Crippen molar-refractivity contribution in [2.45, 2.75) is 45.1 Å². The number of benzene rings is 1. The molecule has 4 rings (SSSR count). The second-order valence-corrected chi connectivity index (χ2v) is 7.36. The lowest BCUT2D eigenvalue weighted by Crippen LogP contribution is -2.40. The molecule has 0 radical (unpaired) electrons. The molecule has 1 aliphatic heterocycles. The van der Waals surface area contributed by atoms with Gasteiger partial charge in [-0.25, -0.2) is 4.98 Å². The number of fused-ring (bicyclic) bond motifs is 1. The maximum atomic E-state index is 9.49. The van der Waals surface area contributed by atoms with Crippen LogP contribution in [0.5, 0.6) is 0 Å². The number of hydrogen-bond donors (Lipinski definition) is 3. The molecule has 1 atom stereocenters. The van der Waals surface area contributed by atoms with Gasteiger partial charge in [-0.2, -0.15) is 9.61 Å². The molecular formula is C21H28N6O. The molecule has 0 saturated carbocycles. The molecule has 1 fully saturated rings. The van der Waals surface area contributed by atoms with E-state index in [0.29, 0.717) is 6.04 Å². The first kappa shape index (κ1) is 18.6. The van der Waals surface area contributed by atoms with Crippen LogP contribution in [0.3, 0.4) is 0 Å². The first-order valence-electron chi connectivity index (χ1n) is 10.1. The van der Waals surface area contributed by atoms with Crippen molar-refractivity contribution in [1.82, 2.24) is 14.6 Å². The predicted octanol–water partition coefficient (Wildman–Crippen LogP) is 3.36. The molecule has 0 spiro atoms. The zero-order chi connectivity index (χ0) is 19.5. The second-order valence-electron chi connectivity index (χ2n) is 7.36. The van der Waals surface area contributed by atoms with Crippen molar-refractivity contribution in [1.29, 1.82) is 0 Å². The minimum Gasteiger partial charge on any atom is -0.399 e. The van der Waals surface area contributed by atoms with E-state index < -0.39 is 0 Å². The van der Waals surface area contributed by atoms with Crippen LogP contribution < -0.4 is 16.0 Å². The number of piperidine rings is 1. The van der Waals surface area contributed by atoms with E-state index in [1.165, 1.54) is 6.42 Å². The number of nitrogens with one attached hydrogen (secondary N) is 1. The van der Waals surface area contributed by atoms with E-state index in [9.17, 15) is 5.11 Å². The van der Waals surface area contributed by atoms with E-state index in [4.69, 9.17) is 10.7 Å². The van der Waals surface area contributed by atoms with Crippen LogP contribution in [0.25, 0.3) is 5.65 Å². The molecule has 7 nitrogen and oxygen atoms in total. The molecule has 0 bridgehead atoms. The number of nitrogen functional groups attached to an aromatic ring is 1. The van der Waals surface area contributed by atoms with Gasteiger partial charge in [0.1, 0.15) is 11.6 Å². The van der Waals surface area contributed by atoms with Crippen molar-refractivity contribution in [3.8, 4) is 0 Å². The summed E-state index contributed by atoms with van der Waals surface area (Å²) in [7, 11) is 0. The minimum atomic E-state index is 0.201. The zero-order valence-electron chi connectivity index (χ0n) is 16.3. The lowest BCUT2D eigenvalue weighted by atomic mass is 9.99. The quantitative estimate of drug-likeness (QED) is 0.568. The third kappa shape index (κ3) is 3.62. The summed E-state index contributed by atoms with van der Waals surface area (Å²) in [6, 6.07) is 10.1. The lowest BCUT2D eigenvalue weighted by Gasteiger charge is -2.36. The number of aliphatic hydroxyl groups is 1. The number of aliphatic hydroxyl groups excluding tert-OH is 1. The van der Waals surface area contributed by atoms with Crippen molar-refractivity contribution in [3.05, 3.63) is 42.1 Å². The highest BCUT2D eigenvalue weighted by Gasteiger charge is 2.24. The van der Waals surface area contributed by atoms with E-state index in [2.05, 4.69) is 28.3 Å². The summed E-state index contributed by atoms with van der Waals surface area (Å²) in [6.07, 6.45) is 6.98. The van der Waals surface area contributed by atoms with Crippen LogP contribution in [0.2, 0.25) is 0 Å². The van der Waals surface area contributed by atoms with Crippen molar-refractivity contribution in [2.75, 3.05) is 29.1 Å². The molecule has 28 heavy (non-hydrogen) atoms. The Bertz CT molecular complexity index is 934. The summed E-state index contributed by atoms with van der Waals surface area (Å²) in [4.78, 5) is 7.31. The van der Waals surface area contributed by atoms with Gasteiger partial charge < -0.3 is 21.1 Å². The van der Waals surface area contributed by atoms with Gasteiger partial charge in [0.2, 0.25) is 0 Å². The van der Waals surface area contributed by atoms with Crippen LogP contribution in [-0.4, -0.2) is 38.9 Å². The van der Waals surface area contributed by atoms with Gasteiger partial charge in [-0.1, -0.05) is 6.92 Å². The fourth-order valence-corrected chi connectivity index (χ4v) is 3.95. The van der Waals surface area contributed by atoms with E-state index in [0.717, 1.165) is 66.4 Å². The first-order chi connectivity index (χ1) is 13.7. The smallest absolute Gasteiger partial charge is 0.162 e. The average Bonchev–Trinajstić information content (AvgIpc) is 3.14. The molecule has 1 unspecified atom stereocenters. The molecule has 3 heterocycles. The number of rotatable bonds is 6. The summed E-state index contributed by atoms with van der Waals surface area (Å²) in [6.45, 7) is 3.28. The Morgan fingerprint density at radius 3 is 2.82 bits per heavy atom. The third-order valence-electron chi connectivity index (χ3n) is 5.48. The SMILES string of the molecule is CCc1cnn2c(Nc3ccc(N)cc3)cc(N3CCCCC3CCO)nc12. The maximum Gasteiger partial charge on any atom is 0.162 e. The topological polar surface area (TPSA) is 91.7 Å². The Labute approximate surface area is 165 Å². The highest BCUT2D eigenvalue weighted by atomic mass is 16.3. The standard InChI is InChI=1S/C21H28N6O/c1-2-15-14-23-27-20(24-17-8-6-16(22)7-9-17)13-19(25-21(15)27)26-11-4-3-5-18(26)10-12-28/h6-9,13-14,18,24,28H,2-5,10-12,22H2,1H3. The molecule has 4 N–H and O–H groups in total. The van der Waals surface area contributed by atoms with Gasteiger partial charge in [0.15, 0.2) is 5.65 Å². The second kappa shape index (κ2) is 8.06.